The summed E-state index contributed by atoms with van der Waals surface area (Å²) in [7, 11) is -2.35. The second kappa shape index (κ2) is 8.19. The minimum atomic E-state index is -3.67. The lowest BCUT2D eigenvalue weighted by Crippen LogP contribution is -2.19. The number of methoxy groups -OCH3 is 1. The second-order valence-corrected chi connectivity index (χ2v) is 8.35. The van der Waals surface area contributed by atoms with E-state index in [0.29, 0.717) is 25.7 Å². The van der Waals surface area contributed by atoms with E-state index >= 15 is 0 Å². The minimum Gasteiger partial charge on any atom is -0.496 e. The molecule has 0 spiro atoms. The number of rotatable bonds is 6. The number of carbonyl (C=O) groups excluding carboxylic acids is 1. The van der Waals surface area contributed by atoms with E-state index in [1.165, 1.54) is 25.3 Å². The van der Waals surface area contributed by atoms with Gasteiger partial charge in [0, 0.05) is 12.7 Å². The largest absolute Gasteiger partial charge is 0.496 e. The van der Waals surface area contributed by atoms with Gasteiger partial charge in [-0.25, -0.2) is 22.2 Å². The maximum Gasteiger partial charge on any atom is 0.260 e. The van der Waals surface area contributed by atoms with Gasteiger partial charge in [0.15, 0.2) is 21.5 Å². The number of aromatic nitrogens is 1. The number of hydrogen-bond donors (Lipinski definition) is 1. The van der Waals surface area contributed by atoms with E-state index in [0.717, 1.165) is 6.20 Å². The van der Waals surface area contributed by atoms with Gasteiger partial charge in [0.1, 0.15) is 11.6 Å². The molecule has 2 aromatic rings. The molecule has 1 aliphatic rings. The molecule has 7 nitrogen and oxygen atoms in total. The molecule has 2 heterocycles. The van der Waals surface area contributed by atoms with Gasteiger partial charge in [-0.2, -0.15) is 0 Å². The lowest BCUT2D eigenvalue weighted by atomic mass is 10.2. The smallest absolute Gasteiger partial charge is 0.260 e. The van der Waals surface area contributed by atoms with Crippen molar-refractivity contribution in [3.63, 3.8) is 0 Å². The number of anilines is 1. The van der Waals surface area contributed by atoms with Crippen LogP contribution in [0.2, 0.25) is 0 Å². The Labute approximate surface area is 160 Å². The maximum absolute atomic E-state index is 13.7. The minimum absolute atomic E-state index is 0.0575. The average Bonchev–Trinajstić information content (AvgIpc) is 3.15. The van der Waals surface area contributed by atoms with Crippen LogP contribution in [0.15, 0.2) is 35.4 Å². The van der Waals surface area contributed by atoms with Crippen molar-refractivity contribution in [2.24, 2.45) is 5.92 Å². The summed E-state index contributed by atoms with van der Waals surface area (Å²) in [6.45, 7) is 0.894. The molecule has 1 atom stereocenters. The predicted octanol–water partition coefficient (Wildman–Crippen LogP) is 2.43. The molecule has 1 aliphatic heterocycles. The third-order valence-electron chi connectivity index (χ3n) is 4.29. The monoisotopic (exact) mass is 412 g/mol. The van der Waals surface area contributed by atoms with Gasteiger partial charge in [-0.15, -0.1) is 0 Å². The molecule has 10 heteroatoms. The Hall–Kier alpha value is -2.59. The maximum atomic E-state index is 13.7. The van der Waals surface area contributed by atoms with Gasteiger partial charge in [-0.05, 0) is 30.5 Å². The van der Waals surface area contributed by atoms with Crippen molar-refractivity contribution in [3.05, 3.63) is 47.7 Å². The molecule has 0 saturated carbocycles. The van der Waals surface area contributed by atoms with Crippen LogP contribution in [0.3, 0.4) is 0 Å². The zero-order chi connectivity index (χ0) is 20.3. The van der Waals surface area contributed by atoms with Crippen molar-refractivity contribution in [3.8, 4) is 5.75 Å². The number of ether oxygens (including phenoxy) is 2. The van der Waals surface area contributed by atoms with Crippen molar-refractivity contribution >= 4 is 21.6 Å². The number of carbonyl (C=O) groups is 1. The fraction of sp³-hybridized carbons (Fsp3) is 0.333. The summed E-state index contributed by atoms with van der Waals surface area (Å²) in [5.41, 5.74) is -0.114. The van der Waals surface area contributed by atoms with Crippen LogP contribution in [0.25, 0.3) is 0 Å². The van der Waals surface area contributed by atoms with Crippen molar-refractivity contribution in [1.82, 2.24) is 4.98 Å². The van der Waals surface area contributed by atoms with Crippen LogP contribution in [0.4, 0.5) is 14.6 Å². The standard InChI is InChI=1S/C18H18F2N2O5S/c1-26-16-3-2-13(28(24,25)10-11-4-5-27-9-11)7-14(16)18(23)22-17-15(20)6-12(19)8-21-17/h2-3,6-8,11H,4-5,9-10H2,1H3,(H,21,22,23)/t11-/m0/s1. The Balaban J connectivity index is 1.88. The lowest BCUT2D eigenvalue weighted by Gasteiger charge is -2.13. The summed E-state index contributed by atoms with van der Waals surface area (Å²) in [5, 5.41) is 2.19. The molecule has 0 aliphatic carbocycles. The Morgan fingerprint density at radius 1 is 1.36 bits per heavy atom. The highest BCUT2D eigenvalue weighted by molar-refractivity contribution is 7.91. The van der Waals surface area contributed by atoms with Crippen LogP contribution in [-0.4, -0.2) is 45.4 Å². The van der Waals surface area contributed by atoms with Gasteiger partial charge >= 0.3 is 0 Å². The van der Waals surface area contributed by atoms with Crippen LogP contribution in [0.5, 0.6) is 5.75 Å². The summed E-state index contributed by atoms with van der Waals surface area (Å²) < 4.78 is 62.4. The number of nitrogens with one attached hydrogen (secondary N) is 1. The zero-order valence-corrected chi connectivity index (χ0v) is 15.8. The van der Waals surface area contributed by atoms with Gasteiger partial charge < -0.3 is 14.8 Å². The summed E-state index contributed by atoms with van der Waals surface area (Å²) in [4.78, 5) is 16.0. The highest BCUT2D eigenvalue weighted by Crippen LogP contribution is 2.26. The van der Waals surface area contributed by atoms with E-state index in [1.807, 2.05) is 0 Å². The van der Waals surface area contributed by atoms with Crippen LogP contribution < -0.4 is 10.1 Å². The Morgan fingerprint density at radius 2 is 2.14 bits per heavy atom. The summed E-state index contributed by atoms with van der Waals surface area (Å²) in [5.74, 6) is -3.38. The third-order valence-corrected chi connectivity index (χ3v) is 6.18. The molecule has 1 aromatic heterocycles. The highest BCUT2D eigenvalue weighted by atomic mass is 32.2. The van der Waals surface area contributed by atoms with E-state index in [9.17, 15) is 22.0 Å². The third kappa shape index (κ3) is 4.45. The van der Waals surface area contributed by atoms with E-state index in [4.69, 9.17) is 9.47 Å². The highest BCUT2D eigenvalue weighted by Gasteiger charge is 2.26. The number of benzene rings is 1. The molecule has 1 N–H and O–H groups in total. The van der Waals surface area contributed by atoms with Crippen molar-refractivity contribution in [2.45, 2.75) is 11.3 Å². The fourth-order valence-corrected chi connectivity index (χ4v) is 4.51. The molecule has 3 rings (SSSR count). The van der Waals surface area contributed by atoms with E-state index in [1.54, 1.807) is 0 Å². The van der Waals surface area contributed by atoms with Crippen LogP contribution in [-0.2, 0) is 14.6 Å². The van der Waals surface area contributed by atoms with Crippen LogP contribution >= 0.6 is 0 Å². The normalized spacial score (nSPS) is 16.8. The van der Waals surface area contributed by atoms with Gasteiger partial charge in [0.05, 0.1) is 36.1 Å². The lowest BCUT2D eigenvalue weighted by molar-refractivity contribution is 0.102. The second-order valence-electron chi connectivity index (χ2n) is 6.31. The van der Waals surface area contributed by atoms with E-state index < -0.39 is 33.2 Å². The quantitative estimate of drug-likeness (QED) is 0.783. The van der Waals surface area contributed by atoms with E-state index in [-0.39, 0.29) is 27.9 Å². The molecule has 1 saturated heterocycles. The van der Waals surface area contributed by atoms with E-state index in [2.05, 4.69) is 10.3 Å². The average molecular weight is 412 g/mol. The summed E-state index contributed by atoms with van der Waals surface area (Å²) >= 11 is 0. The number of sulfone groups is 1. The summed E-state index contributed by atoms with van der Waals surface area (Å²) in [6.07, 6.45) is 1.40. The van der Waals surface area contributed by atoms with Crippen molar-refractivity contribution in [2.75, 3.05) is 31.4 Å². The van der Waals surface area contributed by atoms with Gasteiger partial charge in [0.25, 0.3) is 5.91 Å². The van der Waals surface area contributed by atoms with Gasteiger partial charge in [-0.3, -0.25) is 4.79 Å². The summed E-state index contributed by atoms with van der Waals surface area (Å²) in [6, 6.07) is 4.43. The van der Waals surface area contributed by atoms with Crippen LogP contribution in [0, 0.1) is 17.6 Å². The molecule has 1 amide bonds. The molecule has 0 unspecified atom stereocenters. The van der Waals surface area contributed by atoms with Gasteiger partial charge in [-0.1, -0.05) is 0 Å². The molecular weight excluding hydrogens is 394 g/mol. The van der Waals surface area contributed by atoms with Gasteiger partial charge in [0.2, 0.25) is 0 Å². The molecule has 1 fully saturated rings. The molecule has 0 bridgehead atoms. The topological polar surface area (TPSA) is 94.6 Å². The first-order chi connectivity index (χ1) is 13.3. The Bertz CT molecular complexity index is 991. The number of hydrogen-bond acceptors (Lipinski definition) is 6. The van der Waals surface area contributed by atoms with Crippen LogP contribution in [0.1, 0.15) is 16.8 Å². The number of pyridine rings is 1. The molecule has 1 aromatic carbocycles. The zero-order valence-electron chi connectivity index (χ0n) is 14.9. The van der Waals surface area contributed by atoms with Crippen molar-refractivity contribution < 1.29 is 31.5 Å². The molecule has 0 radical (unpaired) electrons. The molecule has 150 valence electrons. The molecular formula is C18H18F2N2O5S. The number of nitrogens with zero attached hydrogens (tertiary/aromatic N) is 1. The first-order valence-electron chi connectivity index (χ1n) is 8.41. The first kappa shape index (κ1) is 20.2. The first-order valence-corrected chi connectivity index (χ1v) is 10.1. The molecule has 28 heavy (non-hydrogen) atoms. The number of amides is 1. The Morgan fingerprint density at radius 3 is 2.79 bits per heavy atom. The fourth-order valence-electron chi connectivity index (χ4n) is 2.86. The Kier molecular flexibility index (Phi) is 5.90. The SMILES string of the molecule is COc1ccc(S(=O)(=O)C[C@H]2CCOC2)cc1C(=O)Nc1ncc(F)cc1F. The predicted molar refractivity (Wildman–Crippen MR) is 96.1 cm³/mol. The van der Waals surface area contributed by atoms with Crippen molar-refractivity contribution in [1.29, 1.82) is 0 Å². The number of halogens is 2.